The van der Waals surface area contributed by atoms with Crippen LogP contribution in [0, 0.1) is 11.7 Å². The first-order valence-electron chi connectivity index (χ1n) is 7.97. The molecule has 0 saturated heterocycles. The van der Waals surface area contributed by atoms with Gasteiger partial charge >= 0.3 is 0 Å². The molecule has 4 heteroatoms. The normalized spacial score (nSPS) is 14.1. The third kappa shape index (κ3) is 4.09. The minimum absolute atomic E-state index is 0.105. The molecule has 1 N–H and O–H groups in total. The van der Waals surface area contributed by atoms with Gasteiger partial charge in [-0.15, -0.1) is 0 Å². The molecule has 0 aromatic heterocycles. The first kappa shape index (κ1) is 15.5. The molecule has 3 nitrogen and oxygen atoms in total. The molecule has 1 aliphatic rings. The largest absolute Gasteiger partial charge is 0.488 e. The number of para-hydroxylation sites is 1. The Kier molecular flexibility index (Phi) is 4.91. The van der Waals surface area contributed by atoms with Gasteiger partial charge in [-0.25, -0.2) is 4.39 Å². The van der Waals surface area contributed by atoms with Gasteiger partial charge in [-0.3, -0.25) is 4.79 Å². The first-order valence-corrected chi connectivity index (χ1v) is 7.97. The van der Waals surface area contributed by atoms with E-state index in [4.69, 9.17) is 4.74 Å². The van der Waals surface area contributed by atoms with Gasteiger partial charge in [0.25, 0.3) is 5.91 Å². The van der Waals surface area contributed by atoms with Crippen molar-refractivity contribution >= 4 is 5.91 Å². The lowest BCUT2D eigenvalue weighted by atomic mass is 9.85. The predicted octanol–water partition coefficient (Wildman–Crippen LogP) is 3.93. The van der Waals surface area contributed by atoms with Crippen LogP contribution in [0.5, 0.6) is 5.75 Å². The Morgan fingerprint density at radius 2 is 1.87 bits per heavy atom. The number of benzene rings is 2. The SMILES string of the molecule is O=C(NCC1CCC1)c1ccccc1OCc1ccc(F)cc1. The summed E-state index contributed by atoms with van der Waals surface area (Å²) in [6, 6.07) is 13.3. The van der Waals surface area contributed by atoms with E-state index in [0.29, 0.717) is 23.8 Å². The van der Waals surface area contributed by atoms with Crippen molar-refractivity contribution in [3.05, 3.63) is 65.5 Å². The van der Waals surface area contributed by atoms with Crippen LogP contribution in [0.25, 0.3) is 0 Å². The standard InChI is InChI=1S/C19H20FNO2/c20-16-10-8-15(9-11-16)13-23-18-7-2-1-6-17(18)19(22)21-12-14-4-3-5-14/h1-2,6-11,14H,3-5,12-13H2,(H,21,22). The number of amides is 1. The van der Waals surface area contributed by atoms with E-state index < -0.39 is 0 Å². The highest BCUT2D eigenvalue weighted by molar-refractivity contribution is 5.96. The van der Waals surface area contributed by atoms with Crippen LogP contribution in [0.2, 0.25) is 0 Å². The Morgan fingerprint density at radius 3 is 2.57 bits per heavy atom. The summed E-state index contributed by atoms with van der Waals surface area (Å²) in [7, 11) is 0. The van der Waals surface area contributed by atoms with E-state index >= 15 is 0 Å². The lowest BCUT2D eigenvalue weighted by Crippen LogP contribution is -2.32. The molecule has 0 atom stereocenters. The number of carbonyl (C=O) groups excluding carboxylic acids is 1. The van der Waals surface area contributed by atoms with Gasteiger partial charge in [-0.05, 0) is 48.6 Å². The van der Waals surface area contributed by atoms with Crippen molar-refractivity contribution in [2.24, 2.45) is 5.92 Å². The Morgan fingerprint density at radius 1 is 1.13 bits per heavy atom. The summed E-state index contributed by atoms with van der Waals surface area (Å²) in [5, 5.41) is 2.98. The lowest BCUT2D eigenvalue weighted by Gasteiger charge is -2.25. The van der Waals surface area contributed by atoms with Crippen LogP contribution < -0.4 is 10.1 Å². The molecule has 2 aromatic carbocycles. The molecule has 3 rings (SSSR count). The number of hydrogen-bond donors (Lipinski definition) is 1. The average molecular weight is 313 g/mol. The van der Waals surface area contributed by atoms with Crippen molar-refractivity contribution in [3.63, 3.8) is 0 Å². The number of hydrogen-bond acceptors (Lipinski definition) is 2. The lowest BCUT2D eigenvalue weighted by molar-refractivity contribution is 0.0934. The van der Waals surface area contributed by atoms with Gasteiger partial charge < -0.3 is 10.1 Å². The van der Waals surface area contributed by atoms with Crippen molar-refractivity contribution in [1.29, 1.82) is 0 Å². The molecule has 2 aromatic rings. The van der Waals surface area contributed by atoms with Gasteiger partial charge in [0.15, 0.2) is 0 Å². The van der Waals surface area contributed by atoms with Crippen LogP contribution in [-0.2, 0) is 6.61 Å². The molecule has 1 aliphatic carbocycles. The van der Waals surface area contributed by atoms with Crippen molar-refractivity contribution < 1.29 is 13.9 Å². The van der Waals surface area contributed by atoms with E-state index in [2.05, 4.69) is 5.32 Å². The van der Waals surface area contributed by atoms with Crippen LogP contribution in [0.4, 0.5) is 4.39 Å². The molecule has 1 fully saturated rings. The Labute approximate surface area is 135 Å². The molecule has 120 valence electrons. The molecule has 0 aliphatic heterocycles. The number of halogens is 1. The highest BCUT2D eigenvalue weighted by atomic mass is 19.1. The molecule has 1 saturated carbocycles. The molecule has 23 heavy (non-hydrogen) atoms. The van der Waals surface area contributed by atoms with Gasteiger partial charge in [0, 0.05) is 6.54 Å². The van der Waals surface area contributed by atoms with Crippen molar-refractivity contribution in [1.82, 2.24) is 5.32 Å². The van der Waals surface area contributed by atoms with Gasteiger partial charge in [-0.2, -0.15) is 0 Å². The zero-order chi connectivity index (χ0) is 16.1. The molecular formula is C19H20FNO2. The van der Waals surface area contributed by atoms with E-state index in [0.717, 1.165) is 12.1 Å². The van der Waals surface area contributed by atoms with Gasteiger partial charge in [0.05, 0.1) is 5.56 Å². The number of carbonyl (C=O) groups is 1. The Balaban J connectivity index is 1.62. The van der Waals surface area contributed by atoms with Gasteiger partial charge in [0.1, 0.15) is 18.2 Å². The number of rotatable bonds is 6. The maximum Gasteiger partial charge on any atom is 0.255 e. The van der Waals surface area contributed by atoms with E-state index in [9.17, 15) is 9.18 Å². The summed E-state index contributed by atoms with van der Waals surface area (Å²) in [5.74, 6) is 0.783. The Hall–Kier alpha value is -2.36. The maximum atomic E-state index is 12.9. The molecule has 0 bridgehead atoms. The summed E-state index contributed by atoms with van der Waals surface area (Å²) in [5.41, 5.74) is 1.39. The van der Waals surface area contributed by atoms with Crippen LogP contribution in [-0.4, -0.2) is 12.5 Å². The van der Waals surface area contributed by atoms with E-state index in [1.54, 1.807) is 24.3 Å². The van der Waals surface area contributed by atoms with Crippen LogP contribution in [0.3, 0.4) is 0 Å². The minimum Gasteiger partial charge on any atom is -0.488 e. The monoisotopic (exact) mass is 313 g/mol. The fourth-order valence-electron chi connectivity index (χ4n) is 2.55. The summed E-state index contributed by atoms with van der Waals surface area (Å²) in [4.78, 5) is 12.3. The van der Waals surface area contributed by atoms with Crippen molar-refractivity contribution in [2.75, 3.05) is 6.54 Å². The molecule has 0 heterocycles. The second kappa shape index (κ2) is 7.27. The third-order valence-corrected chi connectivity index (χ3v) is 4.22. The second-order valence-corrected chi connectivity index (χ2v) is 5.92. The van der Waals surface area contributed by atoms with E-state index in [1.165, 1.54) is 31.4 Å². The van der Waals surface area contributed by atoms with Crippen LogP contribution in [0.15, 0.2) is 48.5 Å². The van der Waals surface area contributed by atoms with Crippen molar-refractivity contribution in [2.45, 2.75) is 25.9 Å². The van der Waals surface area contributed by atoms with Gasteiger partial charge in [-0.1, -0.05) is 30.7 Å². The molecule has 1 amide bonds. The van der Waals surface area contributed by atoms with Crippen LogP contribution >= 0.6 is 0 Å². The second-order valence-electron chi connectivity index (χ2n) is 5.92. The van der Waals surface area contributed by atoms with E-state index in [-0.39, 0.29) is 11.7 Å². The van der Waals surface area contributed by atoms with E-state index in [1.807, 2.05) is 12.1 Å². The summed E-state index contributed by atoms with van der Waals surface area (Å²) in [6.45, 7) is 1.03. The highest BCUT2D eigenvalue weighted by Gasteiger charge is 2.19. The maximum absolute atomic E-state index is 12.9. The summed E-state index contributed by atoms with van der Waals surface area (Å²) >= 11 is 0. The highest BCUT2D eigenvalue weighted by Crippen LogP contribution is 2.25. The molecule has 0 unspecified atom stereocenters. The van der Waals surface area contributed by atoms with Gasteiger partial charge in [0.2, 0.25) is 0 Å². The number of nitrogens with one attached hydrogen (secondary N) is 1. The smallest absolute Gasteiger partial charge is 0.255 e. The fraction of sp³-hybridized carbons (Fsp3) is 0.316. The summed E-state index contributed by atoms with van der Waals surface area (Å²) in [6.07, 6.45) is 3.66. The fourth-order valence-corrected chi connectivity index (χ4v) is 2.55. The van der Waals surface area contributed by atoms with Crippen LogP contribution in [0.1, 0.15) is 35.2 Å². The quantitative estimate of drug-likeness (QED) is 0.877. The zero-order valence-corrected chi connectivity index (χ0v) is 12.9. The molecular weight excluding hydrogens is 293 g/mol. The molecule has 0 spiro atoms. The minimum atomic E-state index is -0.274. The topological polar surface area (TPSA) is 38.3 Å². The van der Waals surface area contributed by atoms with Crippen molar-refractivity contribution in [3.8, 4) is 5.75 Å². The zero-order valence-electron chi connectivity index (χ0n) is 12.9. The Bertz CT molecular complexity index is 665. The molecule has 0 radical (unpaired) electrons. The summed E-state index contributed by atoms with van der Waals surface area (Å²) < 4.78 is 18.7. The average Bonchev–Trinajstić information content (AvgIpc) is 2.53. The third-order valence-electron chi connectivity index (χ3n) is 4.22. The number of ether oxygens (including phenoxy) is 1. The predicted molar refractivity (Wildman–Crippen MR) is 86.8 cm³/mol. The first-order chi connectivity index (χ1) is 11.2.